The zero-order valence-electron chi connectivity index (χ0n) is 14.5. The molecule has 4 rings (SSSR count). The van der Waals surface area contributed by atoms with E-state index >= 15 is 0 Å². The summed E-state index contributed by atoms with van der Waals surface area (Å²) in [5.74, 6) is 0.317. The molecule has 6 heteroatoms. The smallest absolute Gasteiger partial charge is 0.256 e. The number of benzene rings is 1. The van der Waals surface area contributed by atoms with Crippen molar-refractivity contribution in [1.82, 2.24) is 4.90 Å². The second kappa shape index (κ2) is 7.32. The maximum absolute atomic E-state index is 13.4. The lowest BCUT2D eigenvalue weighted by molar-refractivity contribution is -0.0448. The van der Waals surface area contributed by atoms with Crippen LogP contribution in [0.5, 0.6) is 0 Å². The Morgan fingerprint density at radius 3 is 2.72 bits per heavy atom. The molecule has 0 spiro atoms. The molecule has 1 aromatic carbocycles. The van der Waals surface area contributed by atoms with Gasteiger partial charge in [-0.3, -0.25) is 4.79 Å². The molecule has 3 aliphatic rings. The SMILES string of the molecule is O=C(c1ccccc1N1CCOCC1)N1CCOC2C[C@H](CO)C[C@@H]21. The van der Waals surface area contributed by atoms with Crippen LogP contribution in [0.1, 0.15) is 23.2 Å². The summed E-state index contributed by atoms with van der Waals surface area (Å²) >= 11 is 0. The monoisotopic (exact) mass is 346 g/mol. The molecule has 1 N–H and O–H groups in total. The highest BCUT2D eigenvalue weighted by Crippen LogP contribution is 2.35. The van der Waals surface area contributed by atoms with Crippen molar-refractivity contribution in [3.63, 3.8) is 0 Å². The van der Waals surface area contributed by atoms with Gasteiger partial charge >= 0.3 is 0 Å². The first-order chi connectivity index (χ1) is 12.3. The molecule has 25 heavy (non-hydrogen) atoms. The van der Waals surface area contributed by atoms with Crippen LogP contribution in [-0.2, 0) is 9.47 Å². The minimum absolute atomic E-state index is 0.0606. The summed E-state index contributed by atoms with van der Waals surface area (Å²) in [6.45, 7) is 4.38. The van der Waals surface area contributed by atoms with Crippen molar-refractivity contribution in [3.8, 4) is 0 Å². The van der Waals surface area contributed by atoms with Crippen molar-refractivity contribution in [1.29, 1.82) is 0 Å². The minimum atomic E-state index is 0.0606. The van der Waals surface area contributed by atoms with E-state index in [1.807, 2.05) is 29.2 Å². The van der Waals surface area contributed by atoms with Gasteiger partial charge in [-0.25, -0.2) is 0 Å². The quantitative estimate of drug-likeness (QED) is 0.889. The molecule has 1 saturated carbocycles. The number of carbonyl (C=O) groups excluding carboxylic acids is 1. The van der Waals surface area contributed by atoms with Crippen LogP contribution >= 0.6 is 0 Å². The van der Waals surface area contributed by atoms with Gasteiger partial charge in [-0.2, -0.15) is 0 Å². The average molecular weight is 346 g/mol. The number of para-hydroxylation sites is 1. The summed E-state index contributed by atoms with van der Waals surface area (Å²) in [5, 5.41) is 9.49. The molecule has 2 aliphatic heterocycles. The maximum atomic E-state index is 13.4. The summed E-state index contributed by atoms with van der Waals surface area (Å²) < 4.78 is 11.3. The molecule has 1 amide bonds. The van der Waals surface area contributed by atoms with Crippen LogP contribution in [0.4, 0.5) is 5.69 Å². The Kier molecular flexibility index (Phi) is 4.92. The first kappa shape index (κ1) is 16.8. The lowest BCUT2D eigenvalue weighted by Crippen LogP contribution is -2.51. The van der Waals surface area contributed by atoms with Crippen LogP contribution < -0.4 is 4.90 Å². The molecule has 3 fully saturated rings. The lowest BCUT2D eigenvalue weighted by atomic mass is 10.1. The Balaban J connectivity index is 1.58. The van der Waals surface area contributed by atoms with Crippen LogP contribution in [0.15, 0.2) is 24.3 Å². The van der Waals surface area contributed by atoms with E-state index in [1.54, 1.807) is 0 Å². The number of fused-ring (bicyclic) bond motifs is 1. The molecule has 0 bridgehead atoms. The molecule has 3 atom stereocenters. The fraction of sp³-hybridized carbons (Fsp3) is 0.632. The van der Waals surface area contributed by atoms with Crippen LogP contribution in [0, 0.1) is 5.92 Å². The zero-order chi connectivity index (χ0) is 17.2. The van der Waals surface area contributed by atoms with E-state index in [0.29, 0.717) is 26.4 Å². The molecular formula is C19H26N2O4. The molecule has 2 saturated heterocycles. The summed E-state index contributed by atoms with van der Waals surface area (Å²) in [7, 11) is 0. The molecule has 6 nitrogen and oxygen atoms in total. The predicted octanol–water partition coefficient (Wildman–Crippen LogP) is 1.14. The average Bonchev–Trinajstić information content (AvgIpc) is 3.11. The number of hydrogen-bond donors (Lipinski definition) is 1. The number of nitrogens with zero attached hydrogens (tertiary/aromatic N) is 2. The Labute approximate surface area is 148 Å². The van der Waals surface area contributed by atoms with E-state index in [2.05, 4.69) is 4.90 Å². The number of amides is 1. The number of hydrogen-bond acceptors (Lipinski definition) is 5. The zero-order valence-corrected chi connectivity index (χ0v) is 14.5. The number of rotatable bonds is 3. The highest BCUT2D eigenvalue weighted by molar-refractivity contribution is 6.00. The Hall–Kier alpha value is -1.63. The maximum Gasteiger partial charge on any atom is 0.256 e. The van der Waals surface area contributed by atoms with E-state index in [4.69, 9.17) is 9.47 Å². The Morgan fingerprint density at radius 1 is 1.12 bits per heavy atom. The molecule has 2 heterocycles. The van der Waals surface area contributed by atoms with Gasteiger partial charge in [-0.15, -0.1) is 0 Å². The molecular weight excluding hydrogens is 320 g/mol. The third kappa shape index (κ3) is 3.26. The Bertz CT molecular complexity index is 617. The molecule has 136 valence electrons. The van der Waals surface area contributed by atoms with Gasteiger partial charge < -0.3 is 24.4 Å². The summed E-state index contributed by atoms with van der Waals surface area (Å²) in [4.78, 5) is 17.6. The van der Waals surface area contributed by atoms with Gasteiger partial charge in [-0.1, -0.05) is 12.1 Å². The van der Waals surface area contributed by atoms with Crippen LogP contribution in [0.25, 0.3) is 0 Å². The first-order valence-electron chi connectivity index (χ1n) is 9.23. The molecule has 0 aromatic heterocycles. The number of anilines is 1. The standard InChI is InChI=1S/C19H26N2O4/c22-13-14-11-17-18(12-14)25-10-7-21(17)19(23)15-3-1-2-4-16(15)20-5-8-24-9-6-20/h1-4,14,17-18,22H,5-13H2/t14-,17+,18?/m1/s1. The summed E-state index contributed by atoms with van der Waals surface area (Å²) in [6.07, 6.45) is 1.73. The van der Waals surface area contributed by atoms with E-state index in [-0.39, 0.29) is 30.6 Å². The van der Waals surface area contributed by atoms with Crippen molar-refractivity contribution >= 4 is 11.6 Å². The molecule has 0 radical (unpaired) electrons. The van der Waals surface area contributed by atoms with Gasteiger partial charge in [0.1, 0.15) is 0 Å². The lowest BCUT2D eigenvalue weighted by Gasteiger charge is -2.38. The van der Waals surface area contributed by atoms with Gasteiger partial charge in [-0.05, 0) is 30.9 Å². The summed E-state index contributed by atoms with van der Waals surface area (Å²) in [5.41, 5.74) is 1.76. The van der Waals surface area contributed by atoms with Gasteiger partial charge in [0.2, 0.25) is 0 Å². The van der Waals surface area contributed by atoms with Crippen molar-refractivity contribution in [3.05, 3.63) is 29.8 Å². The summed E-state index contributed by atoms with van der Waals surface area (Å²) in [6, 6.07) is 7.95. The molecule has 1 unspecified atom stereocenters. The third-order valence-electron chi connectivity index (χ3n) is 5.64. The van der Waals surface area contributed by atoms with Gasteiger partial charge in [0.15, 0.2) is 0 Å². The highest BCUT2D eigenvalue weighted by atomic mass is 16.5. The van der Waals surface area contributed by atoms with Gasteiger partial charge in [0, 0.05) is 31.9 Å². The van der Waals surface area contributed by atoms with E-state index < -0.39 is 0 Å². The number of carbonyl (C=O) groups is 1. The largest absolute Gasteiger partial charge is 0.396 e. The second-order valence-electron chi connectivity index (χ2n) is 7.11. The molecule has 1 aromatic rings. The van der Waals surface area contributed by atoms with Crippen molar-refractivity contribution in [2.75, 3.05) is 51.0 Å². The minimum Gasteiger partial charge on any atom is -0.396 e. The van der Waals surface area contributed by atoms with Crippen LogP contribution in [-0.4, -0.2) is 74.1 Å². The number of aliphatic hydroxyl groups excluding tert-OH is 1. The highest BCUT2D eigenvalue weighted by Gasteiger charge is 2.43. The fourth-order valence-corrected chi connectivity index (χ4v) is 4.34. The van der Waals surface area contributed by atoms with Gasteiger partial charge in [0.25, 0.3) is 5.91 Å². The number of aliphatic hydroxyl groups is 1. The first-order valence-corrected chi connectivity index (χ1v) is 9.23. The molecule has 1 aliphatic carbocycles. The third-order valence-corrected chi connectivity index (χ3v) is 5.64. The second-order valence-corrected chi connectivity index (χ2v) is 7.11. The predicted molar refractivity (Wildman–Crippen MR) is 93.8 cm³/mol. The van der Waals surface area contributed by atoms with E-state index in [9.17, 15) is 9.90 Å². The van der Waals surface area contributed by atoms with Crippen molar-refractivity contribution in [2.45, 2.75) is 25.0 Å². The van der Waals surface area contributed by atoms with Gasteiger partial charge in [0.05, 0.1) is 37.5 Å². The van der Waals surface area contributed by atoms with E-state index in [0.717, 1.165) is 37.2 Å². The number of ether oxygens (including phenoxy) is 2. The fourth-order valence-electron chi connectivity index (χ4n) is 4.34. The Morgan fingerprint density at radius 2 is 1.92 bits per heavy atom. The topological polar surface area (TPSA) is 62.2 Å². The van der Waals surface area contributed by atoms with Crippen molar-refractivity contribution in [2.24, 2.45) is 5.92 Å². The number of morpholine rings is 2. The van der Waals surface area contributed by atoms with Crippen molar-refractivity contribution < 1.29 is 19.4 Å². The normalized spacial score (nSPS) is 29.6. The van der Waals surface area contributed by atoms with Crippen LogP contribution in [0.3, 0.4) is 0 Å². The van der Waals surface area contributed by atoms with E-state index in [1.165, 1.54) is 0 Å². The van der Waals surface area contributed by atoms with Crippen LogP contribution in [0.2, 0.25) is 0 Å².